The van der Waals surface area contributed by atoms with E-state index in [1.54, 1.807) is 18.5 Å². The summed E-state index contributed by atoms with van der Waals surface area (Å²) in [6.07, 6.45) is 8.72. The van der Waals surface area contributed by atoms with Crippen molar-refractivity contribution in [3.05, 3.63) is 76.9 Å². The molecule has 1 aromatic carbocycles. The quantitative estimate of drug-likeness (QED) is 0.430. The third-order valence-corrected chi connectivity index (χ3v) is 5.13. The first-order chi connectivity index (χ1) is 14.0. The Kier molecular flexibility index (Phi) is 6.44. The van der Waals surface area contributed by atoms with E-state index < -0.39 is 5.91 Å². The maximum absolute atomic E-state index is 11.9. The third kappa shape index (κ3) is 4.71. The molecule has 0 aliphatic heterocycles. The number of amides is 1. The molecule has 3 N–H and O–H groups in total. The zero-order valence-electron chi connectivity index (χ0n) is 16.8. The zero-order valence-corrected chi connectivity index (χ0v) is 16.8. The van der Waals surface area contributed by atoms with Crippen LogP contribution in [0.25, 0.3) is 5.69 Å². The highest BCUT2D eigenvalue weighted by Gasteiger charge is 2.14. The average molecular weight is 390 g/mol. The number of unbranched alkanes of at least 4 members (excludes halogenated alkanes) is 1. The van der Waals surface area contributed by atoms with Crippen LogP contribution >= 0.6 is 0 Å². The van der Waals surface area contributed by atoms with Crippen molar-refractivity contribution in [1.29, 1.82) is 0 Å². The Morgan fingerprint density at radius 2 is 2.10 bits per heavy atom. The maximum Gasteiger partial charge on any atom is 0.250 e. The number of aromatic nitrogens is 2. The lowest BCUT2D eigenvalue weighted by Crippen LogP contribution is -2.15. The molecule has 0 radical (unpaired) electrons. The SMILES string of the molecule is Cc1cn(-c2ccc(C(N)=O)c(NCc3cccnc3)c2)c(CCCC=O)c1C. The van der Waals surface area contributed by atoms with Crippen molar-refractivity contribution in [3.63, 3.8) is 0 Å². The van der Waals surface area contributed by atoms with Gasteiger partial charge in [-0.3, -0.25) is 9.78 Å². The van der Waals surface area contributed by atoms with E-state index in [1.165, 1.54) is 16.8 Å². The Labute approximate surface area is 170 Å². The fraction of sp³-hybridized carbons (Fsp3) is 0.261. The summed E-state index contributed by atoms with van der Waals surface area (Å²) in [6, 6.07) is 9.44. The molecule has 6 nitrogen and oxygen atoms in total. The van der Waals surface area contributed by atoms with Crippen LogP contribution in [0.1, 0.15) is 45.6 Å². The number of carbonyl (C=O) groups excluding carboxylic acids is 2. The lowest BCUT2D eigenvalue weighted by atomic mass is 10.1. The number of carbonyl (C=O) groups is 2. The lowest BCUT2D eigenvalue weighted by molar-refractivity contribution is -0.107. The molecule has 1 amide bonds. The molecule has 29 heavy (non-hydrogen) atoms. The van der Waals surface area contributed by atoms with Crippen molar-refractivity contribution >= 4 is 17.9 Å². The average Bonchev–Trinajstić information content (AvgIpc) is 3.01. The second-order valence-electron chi connectivity index (χ2n) is 7.12. The fourth-order valence-corrected chi connectivity index (χ4v) is 3.41. The van der Waals surface area contributed by atoms with Gasteiger partial charge in [0.15, 0.2) is 0 Å². The molecule has 2 aromatic heterocycles. The number of hydrogen-bond acceptors (Lipinski definition) is 4. The maximum atomic E-state index is 11.9. The molecular weight excluding hydrogens is 364 g/mol. The minimum absolute atomic E-state index is 0.445. The predicted octanol–water partition coefficient (Wildman–Crippen LogP) is 3.72. The van der Waals surface area contributed by atoms with E-state index in [9.17, 15) is 9.59 Å². The first-order valence-corrected chi connectivity index (χ1v) is 9.69. The number of benzene rings is 1. The number of pyridine rings is 1. The van der Waals surface area contributed by atoms with Gasteiger partial charge in [0.25, 0.3) is 5.91 Å². The summed E-state index contributed by atoms with van der Waals surface area (Å²) in [5.74, 6) is -0.476. The van der Waals surface area contributed by atoms with Crippen LogP contribution in [0.2, 0.25) is 0 Å². The predicted molar refractivity (Wildman–Crippen MR) is 114 cm³/mol. The van der Waals surface area contributed by atoms with Gasteiger partial charge in [-0.1, -0.05) is 6.07 Å². The molecule has 0 atom stereocenters. The molecule has 2 heterocycles. The zero-order chi connectivity index (χ0) is 20.8. The van der Waals surface area contributed by atoms with Crippen molar-refractivity contribution in [1.82, 2.24) is 9.55 Å². The Morgan fingerprint density at radius 3 is 2.79 bits per heavy atom. The van der Waals surface area contributed by atoms with Gasteiger partial charge in [-0.05, 0) is 67.6 Å². The highest BCUT2D eigenvalue weighted by Crippen LogP contribution is 2.26. The number of nitrogens with zero attached hydrogens (tertiary/aromatic N) is 2. The summed E-state index contributed by atoms with van der Waals surface area (Å²) in [5, 5.41) is 3.31. The number of aldehydes is 1. The lowest BCUT2D eigenvalue weighted by Gasteiger charge is -2.15. The fourth-order valence-electron chi connectivity index (χ4n) is 3.41. The monoisotopic (exact) mass is 390 g/mol. The number of rotatable bonds is 9. The number of hydrogen-bond donors (Lipinski definition) is 2. The molecule has 0 aliphatic rings. The Balaban J connectivity index is 1.95. The largest absolute Gasteiger partial charge is 0.380 e. The van der Waals surface area contributed by atoms with E-state index in [0.717, 1.165) is 30.4 Å². The molecule has 0 bridgehead atoms. The molecule has 3 aromatic rings. The number of nitrogens with one attached hydrogen (secondary N) is 1. The van der Waals surface area contributed by atoms with Crippen LogP contribution in [-0.4, -0.2) is 21.7 Å². The molecule has 0 fully saturated rings. The third-order valence-electron chi connectivity index (χ3n) is 5.13. The van der Waals surface area contributed by atoms with Gasteiger partial charge in [-0.2, -0.15) is 0 Å². The van der Waals surface area contributed by atoms with Gasteiger partial charge in [0, 0.05) is 48.6 Å². The van der Waals surface area contributed by atoms with Crippen molar-refractivity contribution in [2.75, 3.05) is 5.32 Å². The van der Waals surface area contributed by atoms with Gasteiger partial charge >= 0.3 is 0 Å². The van der Waals surface area contributed by atoms with Crippen molar-refractivity contribution in [2.45, 2.75) is 39.7 Å². The van der Waals surface area contributed by atoms with Gasteiger partial charge in [0.2, 0.25) is 0 Å². The number of aryl methyl sites for hydroxylation is 1. The second-order valence-corrected chi connectivity index (χ2v) is 7.12. The second kappa shape index (κ2) is 9.19. The number of primary amides is 1. The molecule has 150 valence electrons. The van der Waals surface area contributed by atoms with Crippen LogP contribution < -0.4 is 11.1 Å². The summed E-state index contributed by atoms with van der Waals surface area (Å²) >= 11 is 0. The highest BCUT2D eigenvalue weighted by atomic mass is 16.1. The smallest absolute Gasteiger partial charge is 0.250 e. The van der Waals surface area contributed by atoms with Gasteiger partial charge in [0.05, 0.1) is 5.56 Å². The summed E-state index contributed by atoms with van der Waals surface area (Å²) in [7, 11) is 0. The first-order valence-electron chi connectivity index (χ1n) is 9.69. The summed E-state index contributed by atoms with van der Waals surface area (Å²) in [5.41, 5.74) is 12.2. The van der Waals surface area contributed by atoms with Crippen LogP contribution in [0.15, 0.2) is 48.9 Å². The molecule has 6 heteroatoms. The van der Waals surface area contributed by atoms with Gasteiger partial charge < -0.3 is 20.4 Å². The summed E-state index contributed by atoms with van der Waals surface area (Å²) in [6.45, 7) is 4.71. The Hall–Kier alpha value is -3.41. The molecule has 3 rings (SSSR count). The molecule has 0 aliphatic carbocycles. The van der Waals surface area contributed by atoms with Crippen LogP contribution in [0.3, 0.4) is 0 Å². The van der Waals surface area contributed by atoms with Crippen molar-refractivity contribution in [2.24, 2.45) is 5.73 Å². The minimum Gasteiger partial charge on any atom is -0.380 e. The molecule has 0 saturated heterocycles. The van der Waals surface area contributed by atoms with Gasteiger partial charge in [-0.15, -0.1) is 0 Å². The van der Waals surface area contributed by atoms with E-state index in [0.29, 0.717) is 24.2 Å². The Morgan fingerprint density at radius 1 is 1.28 bits per heavy atom. The minimum atomic E-state index is -0.476. The normalized spacial score (nSPS) is 10.7. The summed E-state index contributed by atoms with van der Waals surface area (Å²) in [4.78, 5) is 26.7. The molecule has 0 unspecified atom stereocenters. The van der Waals surface area contributed by atoms with Crippen molar-refractivity contribution in [3.8, 4) is 5.69 Å². The first kappa shape index (κ1) is 20.3. The van der Waals surface area contributed by atoms with E-state index in [-0.39, 0.29) is 0 Å². The highest BCUT2D eigenvalue weighted by molar-refractivity contribution is 5.98. The van der Waals surface area contributed by atoms with E-state index >= 15 is 0 Å². The van der Waals surface area contributed by atoms with Crippen LogP contribution in [0.5, 0.6) is 0 Å². The van der Waals surface area contributed by atoms with Crippen LogP contribution in [0, 0.1) is 13.8 Å². The molecule has 0 saturated carbocycles. The van der Waals surface area contributed by atoms with Crippen LogP contribution in [-0.2, 0) is 17.8 Å². The molecular formula is C23H26N4O2. The van der Waals surface area contributed by atoms with E-state index in [1.807, 2.05) is 24.3 Å². The summed E-state index contributed by atoms with van der Waals surface area (Å²) < 4.78 is 2.13. The standard InChI is InChI=1S/C23H26N4O2/c1-16-15-27(22(17(16)2)7-3-4-11-28)19-8-9-20(23(24)29)21(12-19)26-14-18-6-5-10-25-13-18/h5-6,8-13,15,26H,3-4,7,14H2,1-2H3,(H2,24,29). The van der Waals surface area contributed by atoms with E-state index in [4.69, 9.17) is 5.73 Å². The Bertz CT molecular complexity index is 1010. The van der Waals surface area contributed by atoms with E-state index in [2.05, 4.69) is 34.9 Å². The van der Waals surface area contributed by atoms with Gasteiger partial charge in [-0.25, -0.2) is 0 Å². The van der Waals surface area contributed by atoms with Crippen LogP contribution in [0.4, 0.5) is 5.69 Å². The number of anilines is 1. The topological polar surface area (TPSA) is 90.0 Å². The molecule has 0 spiro atoms. The van der Waals surface area contributed by atoms with Gasteiger partial charge in [0.1, 0.15) is 6.29 Å². The van der Waals surface area contributed by atoms with Crippen molar-refractivity contribution < 1.29 is 9.59 Å². The number of nitrogens with two attached hydrogens (primary N) is 1.